The van der Waals surface area contributed by atoms with Gasteiger partial charge in [0.05, 0.1) is 5.69 Å². The van der Waals surface area contributed by atoms with Crippen LogP contribution in [0.15, 0.2) is 170 Å². The lowest BCUT2D eigenvalue weighted by Crippen LogP contribution is -2.18. The monoisotopic (exact) mass is 722 g/mol. The van der Waals surface area contributed by atoms with Gasteiger partial charge in [-0.15, -0.1) is 0 Å². The number of rotatable bonds is 5. The molecule has 1 atom stereocenters. The van der Waals surface area contributed by atoms with Crippen molar-refractivity contribution in [1.82, 2.24) is 0 Å². The van der Waals surface area contributed by atoms with E-state index in [9.17, 15) is 0 Å². The second kappa shape index (κ2) is 12.0. The third kappa shape index (κ3) is 4.77. The summed E-state index contributed by atoms with van der Waals surface area (Å²) < 4.78 is 6.56. The van der Waals surface area contributed by atoms with Crippen LogP contribution in [0.5, 0.6) is 5.75 Å². The Morgan fingerprint density at radius 1 is 0.446 bits per heavy atom. The molecule has 0 fully saturated rings. The van der Waals surface area contributed by atoms with Crippen LogP contribution in [-0.2, 0) is 10.8 Å². The van der Waals surface area contributed by atoms with E-state index in [4.69, 9.17) is 4.74 Å². The van der Waals surface area contributed by atoms with Gasteiger partial charge in [0.1, 0.15) is 0 Å². The molecule has 2 aliphatic carbocycles. The Hall–Kier alpha value is -6.58. The lowest BCUT2D eigenvalue weighted by molar-refractivity contribution is 0.262. The first kappa shape index (κ1) is 32.8. The second-order valence-corrected chi connectivity index (χ2v) is 16.6. The van der Waals surface area contributed by atoms with E-state index in [1.54, 1.807) is 0 Å². The summed E-state index contributed by atoms with van der Waals surface area (Å²) in [4.78, 5) is 2.45. The van der Waals surface area contributed by atoms with E-state index < -0.39 is 0 Å². The average Bonchev–Trinajstić information content (AvgIpc) is 3.85. The molecule has 1 N–H and O–H groups in total. The molecule has 0 radical (unpaired) electrons. The van der Waals surface area contributed by atoms with Crippen molar-refractivity contribution in [3.8, 4) is 39.1 Å². The van der Waals surface area contributed by atoms with E-state index in [0.29, 0.717) is 0 Å². The van der Waals surface area contributed by atoms with Gasteiger partial charge in [0.15, 0.2) is 12.0 Å². The van der Waals surface area contributed by atoms with Crippen molar-refractivity contribution in [2.75, 3.05) is 10.2 Å². The average molecular weight is 723 g/mol. The number of nitrogens with one attached hydrogen (secondary N) is 1. The van der Waals surface area contributed by atoms with Gasteiger partial charge in [-0.25, -0.2) is 0 Å². The van der Waals surface area contributed by atoms with E-state index in [2.05, 4.69) is 202 Å². The maximum absolute atomic E-state index is 6.56. The molecule has 11 rings (SSSR count). The Kier molecular flexibility index (Phi) is 7.01. The van der Waals surface area contributed by atoms with E-state index >= 15 is 0 Å². The van der Waals surface area contributed by atoms with Crippen molar-refractivity contribution in [2.45, 2.75) is 44.8 Å². The van der Waals surface area contributed by atoms with Crippen LogP contribution in [0.3, 0.4) is 0 Å². The maximum Gasteiger partial charge on any atom is 0.196 e. The molecule has 0 aromatic heterocycles. The highest BCUT2D eigenvalue weighted by atomic mass is 16.5. The molecule has 3 heteroatoms. The van der Waals surface area contributed by atoms with Crippen LogP contribution in [0.25, 0.3) is 44.2 Å². The Balaban J connectivity index is 1.04. The summed E-state index contributed by atoms with van der Waals surface area (Å²) in [5.74, 6) is 0.907. The number of anilines is 4. The number of ether oxygens (including phenoxy) is 1. The molecule has 0 bridgehead atoms. The molecule has 0 spiro atoms. The van der Waals surface area contributed by atoms with E-state index in [1.165, 1.54) is 55.5 Å². The van der Waals surface area contributed by atoms with Crippen molar-refractivity contribution < 1.29 is 4.74 Å². The SMILES string of the molecule is CC1(C)c2ccccc2-c2ccc(N(c3ccc(-c4cc5c(c6ccccc46)OC(c4ccccc4)N5)cc3)c3ccc4c(c3)C(C)(C)c3ccccc3-4)cc21. The molecule has 8 aromatic rings. The third-order valence-corrected chi connectivity index (χ3v) is 12.7. The second-order valence-electron chi connectivity index (χ2n) is 16.6. The number of fused-ring (bicyclic) bond motifs is 9. The predicted octanol–water partition coefficient (Wildman–Crippen LogP) is 14.1. The number of hydrogen-bond acceptors (Lipinski definition) is 3. The summed E-state index contributed by atoms with van der Waals surface area (Å²) in [6.45, 7) is 9.44. The quantitative estimate of drug-likeness (QED) is 0.191. The molecule has 56 heavy (non-hydrogen) atoms. The van der Waals surface area contributed by atoms with Gasteiger partial charge < -0.3 is 15.0 Å². The summed E-state index contributed by atoms with van der Waals surface area (Å²) >= 11 is 0. The fraction of sp³-hybridized carbons (Fsp3) is 0.132. The zero-order valence-electron chi connectivity index (χ0n) is 32.1. The molecule has 0 saturated heterocycles. The first-order valence-corrected chi connectivity index (χ1v) is 19.7. The molecule has 3 aliphatic rings. The van der Waals surface area contributed by atoms with Crippen LogP contribution in [0.4, 0.5) is 22.7 Å². The highest BCUT2D eigenvalue weighted by molar-refractivity contribution is 6.05. The molecule has 1 unspecified atom stereocenters. The van der Waals surface area contributed by atoms with Gasteiger partial charge in [-0.2, -0.15) is 0 Å². The zero-order chi connectivity index (χ0) is 37.8. The topological polar surface area (TPSA) is 24.5 Å². The molecule has 8 aromatic carbocycles. The van der Waals surface area contributed by atoms with Gasteiger partial charge in [-0.1, -0.05) is 155 Å². The lowest BCUT2D eigenvalue weighted by Gasteiger charge is -2.30. The fourth-order valence-corrected chi connectivity index (χ4v) is 9.79. The minimum Gasteiger partial charge on any atom is -0.464 e. The normalized spacial score (nSPS) is 16.2. The zero-order valence-corrected chi connectivity index (χ0v) is 32.1. The van der Waals surface area contributed by atoms with E-state index in [1.807, 2.05) is 6.07 Å². The van der Waals surface area contributed by atoms with Gasteiger partial charge in [0.25, 0.3) is 0 Å². The summed E-state index contributed by atoms with van der Waals surface area (Å²) in [6.07, 6.45) is -0.226. The summed E-state index contributed by atoms with van der Waals surface area (Å²) in [5.41, 5.74) is 18.5. The Morgan fingerprint density at radius 2 is 0.946 bits per heavy atom. The standard InChI is InChI=1S/C53H42N2O/c1-52(2)45-20-12-10-17-39(45)41-28-26-36(30-47(41)52)55(37-27-29-42-40-18-11-13-21-46(40)53(3,4)48(42)31-37)35-24-22-33(23-25-35)44-32-49-50(43-19-9-8-16-38(43)44)56-51(54-49)34-14-6-5-7-15-34/h5-32,51,54H,1-4H3. The molecule has 3 nitrogen and oxygen atoms in total. The van der Waals surface area contributed by atoms with Crippen LogP contribution < -0.4 is 15.0 Å². The molecule has 1 heterocycles. The molecule has 0 amide bonds. The maximum atomic E-state index is 6.56. The summed E-state index contributed by atoms with van der Waals surface area (Å²) in [5, 5.41) is 5.95. The van der Waals surface area contributed by atoms with Crippen molar-refractivity contribution in [3.63, 3.8) is 0 Å². The smallest absolute Gasteiger partial charge is 0.196 e. The van der Waals surface area contributed by atoms with Gasteiger partial charge in [0.2, 0.25) is 0 Å². The van der Waals surface area contributed by atoms with E-state index in [-0.39, 0.29) is 17.1 Å². The van der Waals surface area contributed by atoms with Crippen molar-refractivity contribution in [1.29, 1.82) is 0 Å². The van der Waals surface area contributed by atoms with Crippen LogP contribution in [0.1, 0.15) is 61.7 Å². The summed E-state index contributed by atoms with van der Waals surface area (Å²) in [7, 11) is 0. The Bertz CT molecular complexity index is 2760. The molecule has 0 saturated carbocycles. The first-order valence-electron chi connectivity index (χ1n) is 19.7. The van der Waals surface area contributed by atoms with Crippen molar-refractivity contribution in [2.24, 2.45) is 0 Å². The largest absolute Gasteiger partial charge is 0.464 e. The van der Waals surface area contributed by atoms with Gasteiger partial charge in [0, 0.05) is 38.8 Å². The highest BCUT2D eigenvalue weighted by Gasteiger charge is 2.38. The lowest BCUT2D eigenvalue weighted by atomic mass is 9.82. The highest BCUT2D eigenvalue weighted by Crippen LogP contribution is 2.53. The summed E-state index contributed by atoms with van der Waals surface area (Å²) in [6, 6.07) is 62.3. The van der Waals surface area contributed by atoms with Crippen molar-refractivity contribution in [3.05, 3.63) is 198 Å². The minimum absolute atomic E-state index is 0.106. The number of benzene rings is 8. The molecular weight excluding hydrogens is 681 g/mol. The van der Waals surface area contributed by atoms with Crippen LogP contribution in [0.2, 0.25) is 0 Å². The van der Waals surface area contributed by atoms with Gasteiger partial charge in [-0.05, 0) is 103 Å². The van der Waals surface area contributed by atoms with Gasteiger partial charge >= 0.3 is 0 Å². The van der Waals surface area contributed by atoms with Crippen LogP contribution >= 0.6 is 0 Å². The first-order chi connectivity index (χ1) is 27.3. The Morgan fingerprint density at radius 3 is 1.55 bits per heavy atom. The fourth-order valence-electron chi connectivity index (χ4n) is 9.79. The van der Waals surface area contributed by atoms with Crippen LogP contribution in [-0.4, -0.2) is 0 Å². The molecular formula is C53H42N2O. The Labute approximate surface area is 328 Å². The molecule has 1 aliphatic heterocycles. The third-order valence-electron chi connectivity index (χ3n) is 12.7. The predicted molar refractivity (Wildman–Crippen MR) is 233 cm³/mol. The number of hydrogen-bond donors (Lipinski definition) is 1. The van der Waals surface area contributed by atoms with E-state index in [0.717, 1.165) is 45.0 Å². The van der Waals surface area contributed by atoms with Crippen molar-refractivity contribution >= 4 is 33.5 Å². The number of nitrogens with zero attached hydrogens (tertiary/aromatic N) is 1. The van der Waals surface area contributed by atoms with Crippen LogP contribution in [0, 0.1) is 0 Å². The minimum atomic E-state index is -0.226. The molecule has 270 valence electrons. The van der Waals surface area contributed by atoms with Gasteiger partial charge in [-0.3, -0.25) is 0 Å².